The van der Waals surface area contributed by atoms with E-state index in [1.165, 1.54) is 0 Å². The van der Waals surface area contributed by atoms with Gasteiger partial charge < -0.3 is 10.6 Å². The predicted molar refractivity (Wildman–Crippen MR) is 76.9 cm³/mol. The summed E-state index contributed by atoms with van der Waals surface area (Å²) in [6, 6.07) is 1.05. The van der Waals surface area contributed by atoms with Crippen molar-refractivity contribution in [2.24, 2.45) is 5.92 Å². The summed E-state index contributed by atoms with van der Waals surface area (Å²) in [5.74, 6) is -1.35. The van der Waals surface area contributed by atoms with Crippen LogP contribution < -0.4 is 10.6 Å². The number of carbonyl (C=O) groups excluding carboxylic acids is 1. The average Bonchev–Trinajstić information content (AvgIpc) is 2.32. The Hall–Kier alpha value is -1.36. The van der Waals surface area contributed by atoms with Crippen LogP contribution in [0.15, 0.2) is 12.1 Å². The van der Waals surface area contributed by atoms with Crippen LogP contribution in [0.2, 0.25) is 5.02 Å². The summed E-state index contributed by atoms with van der Waals surface area (Å²) in [7, 11) is 0. The highest BCUT2D eigenvalue weighted by Crippen LogP contribution is 2.26. The molecule has 1 aromatic rings. The standard InChI is InChI=1S/C14H19ClF2N2O/c1-8(2)4-5-18-14(20)9(3)19-13-11(15)6-10(16)7-12(13)17/h6-9,19H,4-5H2,1-3H3,(H,18,20). The van der Waals surface area contributed by atoms with Crippen molar-refractivity contribution >= 4 is 23.2 Å². The van der Waals surface area contributed by atoms with E-state index in [1.807, 2.05) is 0 Å². The number of benzene rings is 1. The molecule has 112 valence electrons. The van der Waals surface area contributed by atoms with E-state index in [-0.39, 0.29) is 16.6 Å². The van der Waals surface area contributed by atoms with Crippen molar-refractivity contribution in [1.29, 1.82) is 0 Å². The first-order valence-electron chi connectivity index (χ1n) is 6.50. The highest BCUT2D eigenvalue weighted by atomic mass is 35.5. The van der Waals surface area contributed by atoms with Crippen LogP contribution in [-0.4, -0.2) is 18.5 Å². The molecule has 0 aliphatic rings. The maximum atomic E-state index is 13.6. The van der Waals surface area contributed by atoms with Gasteiger partial charge in [-0.15, -0.1) is 0 Å². The molecule has 1 amide bonds. The lowest BCUT2D eigenvalue weighted by Gasteiger charge is -2.17. The molecule has 0 aromatic heterocycles. The highest BCUT2D eigenvalue weighted by Gasteiger charge is 2.17. The molecule has 1 unspecified atom stereocenters. The molecule has 0 saturated carbocycles. The second kappa shape index (κ2) is 7.43. The Morgan fingerprint density at radius 1 is 1.30 bits per heavy atom. The van der Waals surface area contributed by atoms with Gasteiger partial charge in [-0.25, -0.2) is 8.78 Å². The summed E-state index contributed by atoms with van der Waals surface area (Å²) in [5, 5.41) is 5.31. The van der Waals surface area contributed by atoms with Crippen LogP contribution >= 0.6 is 11.6 Å². The fourth-order valence-electron chi connectivity index (χ4n) is 1.60. The monoisotopic (exact) mass is 304 g/mol. The maximum Gasteiger partial charge on any atom is 0.242 e. The van der Waals surface area contributed by atoms with E-state index in [0.717, 1.165) is 18.6 Å². The molecule has 0 aliphatic heterocycles. The van der Waals surface area contributed by atoms with Crippen LogP contribution in [0, 0.1) is 17.6 Å². The molecule has 6 heteroatoms. The molecule has 1 rings (SSSR count). The zero-order valence-corrected chi connectivity index (χ0v) is 12.5. The SMILES string of the molecule is CC(C)CCNC(=O)C(C)Nc1c(F)cc(F)cc1Cl. The van der Waals surface area contributed by atoms with Gasteiger partial charge in [-0.2, -0.15) is 0 Å². The maximum absolute atomic E-state index is 13.6. The zero-order valence-electron chi connectivity index (χ0n) is 11.8. The van der Waals surface area contributed by atoms with Gasteiger partial charge in [0, 0.05) is 12.6 Å². The van der Waals surface area contributed by atoms with Crippen molar-refractivity contribution in [2.45, 2.75) is 33.2 Å². The first kappa shape index (κ1) is 16.7. The number of nitrogens with one attached hydrogen (secondary N) is 2. The quantitative estimate of drug-likeness (QED) is 0.843. The third kappa shape index (κ3) is 4.96. The zero-order chi connectivity index (χ0) is 15.3. The number of hydrogen-bond donors (Lipinski definition) is 2. The number of hydrogen-bond acceptors (Lipinski definition) is 2. The molecule has 0 bridgehead atoms. The van der Waals surface area contributed by atoms with Gasteiger partial charge in [0.1, 0.15) is 11.9 Å². The molecule has 0 heterocycles. The normalized spacial score (nSPS) is 12.3. The molecular formula is C14H19ClF2N2O. The van der Waals surface area contributed by atoms with Crippen molar-refractivity contribution in [3.8, 4) is 0 Å². The van der Waals surface area contributed by atoms with E-state index >= 15 is 0 Å². The molecular weight excluding hydrogens is 286 g/mol. The molecule has 1 aromatic carbocycles. The third-order valence-corrected chi connectivity index (χ3v) is 3.08. The smallest absolute Gasteiger partial charge is 0.242 e. The average molecular weight is 305 g/mol. The summed E-state index contributed by atoms with van der Waals surface area (Å²) in [6.07, 6.45) is 0.865. The first-order chi connectivity index (χ1) is 9.31. The van der Waals surface area contributed by atoms with Gasteiger partial charge in [0.2, 0.25) is 5.91 Å². The molecule has 3 nitrogen and oxygen atoms in total. The summed E-state index contributed by atoms with van der Waals surface area (Å²) in [6.45, 7) is 6.26. The minimum atomic E-state index is -0.822. The largest absolute Gasteiger partial charge is 0.370 e. The summed E-state index contributed by atoms with van der Waals surface area (Å²) >= 11 is 5.76. The van der Waals surface area contributed by atoms with E-state index in [4.69, 9.17) is 11.6 Å². The van der Waals surface area contributed by atoms with Crippen molar-refractivity contribution < 1.29 is 13.6 Å². The highest BCUT2D eigenvalue weighted by molar-refractivity contribution is 6.33. The lowest BCUT2D eigenvalue weighted by molar-refractivity contribution is -0.121. The van der Waals surface area contributed by atoms with Crippen LogP contribution in [0.4, 0.5) is 14.5 Å². The second-order valence-corrected chi connectivity index (χ2v) is 5.49. The summed E-state index contributed by atoms with van der Waals surface area (Å²) in [5.41, 5.74) is -0.0698. The fourth-order valence-corrected chi connectivity index (χ4v) is 1.85. The van der Waals surface area contributed by atoms with Gasteiger partial charge in [-0.1, -0.05) is 25.4 Å². The Bertz CT molecular complexity index is 457. The number of carbonyl (C=O) groups is 1. The Balaban J connectivity index is 2.62. The molecule has 20 heavy (non-hydrogen) atoms. The van der Waals surface area contributed by atoms with Crippen LogP contribution in [0.1, 0.15) is 27.2 Å². The molecule has 2 N–H and O–H groups in total. The molecule has 1 atom stereocenters. The van der Waals surface area contributed by atoms with Crippen LogP contribution in [-0.2, 0) is 4.79 Å². The number of rotatable bonds is 6. The summed E-state index contributed by atoms with van der Waals surface area (Å²) < 4.78 is 26.5. The topological polar surface area (TPSA) is 41.1 Å². The Morgan fingerprint density at radius 2 is 1.95 bits per heavy atom. The molecule has 0 spiro atoms. The fraction of sp³-hybridized carbons (Fsp3) is 0.500. The van der Waals surface area contributed by atoms with E-state index in [9.17, 15) is 13.6 Å². The van der Waals surface area contributed by atoms with Gasteiger partial charge in [-0.3, -0.25) is 4.79 Å². The van der Waals surface area contributed by atoms with Crippen LogP contribution in [0.3, 0.4) is 0 Å². The third-order valence-electron chi connectivity index (χ3n) is 2.78. The van der Waals surface area contributed by atoms with Crippen LogP contribution in [0.25, 0.3) is 0 Å². The molecule has 0 radical (unpaired) electrons. The lowest BCUT2D eigenvalue weighted by atomic mass is 10.1. The van der Waals surface area contributed by atoms with E-state index in [2.05, 4.69) is 24.5 Å². The lowest BCUT2D eigenvalue weighted by Crippen LogP contribution is -2.38. The van der Waals surface area contributed by atoms with E-state index in [1.54, 1.807) is 6.92 Å². The van der Waals surface area contributed by atoms with Crippen molar-refractivity contribution in [1.82, 2.24) is 5.32 Å². The Labute approximate surface area is 122 Å². The van der Waals surface area contributed by atoms with E-state index in [0.29, 0.717) is 12.5 Å². The molecule has 0 aliphatic carbocycles. The van der Waals surface area contributed by atoms with Gasteiger partial charge in [-0.05, 0) is 25.3 Å². The predicted octanol–water partition coefficient (Wildman–Crippen LogP) is 3.58. The van der Waals surface area contributed by atoms with Crippen LogP contribution in [0.5, 0.6) is 0 Å². The Kier molecular flexibility index (Phi) is 6.20. The molecule has 0 fully saturated rings. The van der Waals surface area contributed by atoms with Gasteiger partial charge in [0.15, 0.2) is 5.82 Å². The minimum Gasteiger partial charge on any atom is -0.370 e. The van der Waals surface area contributed by atoms with Crippen molar-refractivity contribution in [2.75, 3.05) is 11.9 Å². The summed E-state index contributed by atoms with van der Waals surface area (Å²) in [4.78, 5) is 11.8. The number of halogens is 3. The van der Waals surface area contributed by atoms with Gasteiger partial charge in [0.05, 0.1) is 10.7 Å². The van der Waals surface area contributed by atoms with E-state index < -0.39 is 17.7 Å². The number of anilines is 1. The number of amides is 1. The Morgan fingerprint density at radius 3 is 2.50 bits per heavy atom. The minimum absolute atomic E-state index is 0.0698. The van der Waals surface area contributed by atoms with Gasteiger partial charge in [0.25, 0.3) is 0 Å². The van der Waals surface area contributed by atoms with Gasteiger partial charge >= 0.3 is 0 Å². The first-order valence-corrected chi connectivity index (χ1v) is 6.87. The molecule has 0 saturated heterocycles. The van der Waals surface area contributed by atoms with Crippen molar-refractivity contribution in [3.63, 3.8) is 0 Å². The second-order valence-electron chi connectivity index (χ2n) is 5.08. The van der Waals surface area contributed by atoms with Crippen molar-refractivity contribution in [3.05, 3.63) is 28.8 Å².